The van der Waals surface area contributed by atoms with Gasteiger partial charge in [-0.25, -0.2) is 4.98 Å². The zero-order chi connectivity index (χ0) is 14.9. The summed E-state index contributed by atoms with van der Waals surface area (Å²) in [6.45, 7) is 4.73. The number of carbonyl (C=O) groups is 1. The highest BCUT2D eigenvalue weighted by atomic mass is 32.1. The molecule has 0 spiro atoms. The van der Waals surface area contributed by atoms with Crippen LogP contribution in [0.15, 0.2) is 5.38 Å². The molecule has 1 N–H and O–H groups in total. The van der Waals surface area contributed by atoms with Crippen molar-refractivity contribution in [1.29, 1.82) is 0 Å². The van der Waals surface area contributed by atoms with Crippen molar-refractivity contribution in [2.75, 3.05) is 32.2 Å². The molecular formula is C13H20N2O4S. The second kappa shape index (κ2) is 5.67. The highest BCUT2D eigenvalue weighted by molar-refractivity contribution is 7.13. The smallest absolute Gasteiger partial charge is 0.315 e. The number of hydrogen-bond donors (Lipinski definition) is 1. The second-order valence-electron chi connectivity index (χ2n) is 5.40. The summed E-state index contributed by atoms with van der Waals surface area (Å²) < 4.78 is 10.8. The molecule has 1 saturated heterocycles. The van der Waals surface area contributed by atoms with Crippen molar-refractivity contribution in [3.8, 4) is 0 Å². The fraction of sp³-hybridized carbons (Fsp3) is 0.692. The minimum absolute atomic E-state index is 0.0137. The molecule has 0 amide bonds. The number of aromatic nitrogens is 1. The Kier molecular flexibility index (Phi) is 4.31. The summed E-state index contributed by atoms with van der Waals surface area (Å²) in [7, 11) is 3.34. The summed E-state index contributed by atoms with van der Waals surface area (Å²) in [6.07, 6.45) is 0.0275. The van der Waals surface area contributed by atoms with E-state index < -0.39 is 11.4 Å². The van der Waals surface area contributed by atoms with Crippen LogP contribution >= 0.6 is 11.3 Å². The predicted molar refractivity (Wildman–Crippen MR) is 76.6 cm³/mol. The van der Waals surface area contributed by atoms with Crippen molar-refractivity contribution >= 4 is 22.4 Å². The average Bonchev–Trinajstić information content (AvgIpc) is 3.04. The van der Waals surface area contributed by atoms with Crippen molar-refractivity contribution in [2.24, 2.45) is 0 Å². The van der Waals surface area contributed by atoms with Crippen LogP contribution in [-0.4, -0.2) is 55.6 Å². The second-order valence-corrected chi connectivity index (χ2v) is 6.24. The summed E-state index contributed by atoms with van der Waals surface area (Å²) >= 11 is 1.46. The van der Waals surface area contributed by atoms with Gasteiger partial charge in [0.15, 0.2) is 5.13 Å². The summed E-state index contributed by atoms with van der Waals surface area (Å²) in [5.74, 6) is -0.875. The molecule has 2 unspecified atom stereocenters. The SMILES string of the molecule is COC1CN(c2nc(C(C)(C)C(=O)O)cs2)CC1OC. The van der Waals surface area contributed by atoms with Crippen LogP contribution < -0.4 is 4.90 Å². The molecule has 1 aromatic heterocycles. The first-order valence-corrected chi connectivity index (χ1v) is 7.28. The van der Waals surface area contributed by atoms with Crippen LogP contribution in [0, 0.1) is 0 Å². The normalized spacial score (nSPS) is 23.3. The standard InChI is InChI=1S/C13H20N2O4S/c1-13(2,11(16)17)10-7-20-12(14-10)15-5-8(18-3)9(6-15)19-4/h7-9H,5-6H2,1-4H3,(H,16,17). The molecule has 7 heteroatoms. The molecule has 2 atom stereocenters. The predicted octanol–water partition coefficient (Wildman–Crippen LogP) is 1.36. The van der Waals surface area contributed by atoms with Crippen molar-refractivity contribution in [2.45, 2.75) is 31.5 Å². The molecule has 112 valence electrons. The largest absolute Gasteiger partial charge is 0.481 e. The third kappa shape index (κ3) is 2.65. The topological polar surface area (TPSA) is 71.9 Å². The fourth-order valence-electron chi connectivity index (χ4n) is 2.16. The molecular weight excluding hydrogens is 280 g/mol. The summed E-state index contributed by atoms with van der Waals surface area (Å²) in [6, 6.07) is 0. The zero-order valence-corrected chi connectivity index (χ0v) is 12.9. The number of methoxy groups -OCH3 is 2. The van der Waals surface area contributed by atoms with E-state index in [1.165, 1.54) is 11.3 Å². The van der Waals surface area contributed by atoms with E-state index in [1.54, 1.807) is 28.1 Å². The lowest BCUT2D eigenvalue weighted by Crippen LogP contribution is -2.29. The number of anilines is 1. The van der Waals surface area contributed by atoms with Gasteiger partial charge >= 0.3 is 5.97 Å². The summed E-state index contributed by atoms with van der Waals surface area (Å²) in [4.78, 5) is 17.8. The quantitative estimate of drug-likeness (QED) is 0.885. The molecule has 2 rings (SSSR count). The number of carboxylic acid groups (broad SMARTS) is 1. The van der Waals surface area contributed by atoms with E-state index in [2.05, 4.69) is 9.88 Å². The molecule has 1 fully saturated rings. The monoisotopic (exact) mass is 300 g/mol. The van der Waals surface area contributed by atoms with Gasteiger partial charge in [-0.15, -0.1) is 11.3 Å². The van der Waals surface area contributed by atoms with Gasteiger partial charge in [-0.3, -0.25) is 4.79 Å². The average molecular weight is 300 g/mol. The van der Waals surface area contributed by atoms with E-state index in [0.717, 1.165) is 5.13 Å². The Morgan fingerprint density at radius 2 is 1.95 bits per heavy atom. The van der Waals surface area contributed by atoms with Gasteiger partial charge in [-0.1, -0.05) is 0 Å². The van der Waals surface area contributed by atoms with E-state index >= 15 is 0 Å². The minimum Gasteiger partial charge on any atom is -0.481 e. The van der Waals surface area contributed by atoms with Crippen LogP contribution in [0.2, 0.25) is 0 Å². The number of thiazole rings is 1. The van der Waals surface area contributed by atoms with E-state index in [0.29, 0.717) is 18.8 Å². The Morgan fingerprint density at radius 1 is 1.40 bits per heavy atom. The first kappa shape index (κ1) is 15.2. The van der Waals surface area contributed by atoms with E-state index in [9.17, 15) is 9.90 Å². The van der Waals surface area contributed by atoms with Crippen molar-refractivity contribution in [3.63, 3.8) is 0 Å². The maximum Gasteiger partial charge on any atom is 0.315 e. The first-order chi connectivity index (χ1) is 9.40. The van der Waals surface area contributed by atoms with Gasteiger partial charge in [0.2, 0.25) is 0 Å². The number of rotatable bonds is 5. The van der Waals surface area contributed by atoms with Crippen LogP contribution in [0.25, 0.3) is 0 Å². The van der Waals surface area contributed by atoms with Crippen molar-refractivity contribution < 1.29 is 19.4 Å². The number of ether oxygens (including phenoxy) is 2. The molecule has 1 aliphatic rings. The van der Waals surface area contributed by atoms with Gasteiger partial charge in [0.05, 0.1) is 5.69 Å². The lowest BCUT2D eigenvalue weighted by Gasteiger charge is -2.17. The highest BCUT2D eigenvalue weighted by Gasteiger charge is 2.36. The van der Waals surface area contributed by atoms with E-state index in [4.69, 9.17) is 9.47 Å². The lowest BCUT2D eigenvalue weighted by molar-refractivity contribution is -0.142. The van der Waals surface area contributed by atoms with Crippen LogP contribution in [0.4, 0.5) is 5.13 Å². The third-order valence-electron chi connectivity index (χ3n) is 3.76. The third-order valence-corrected chi connectivity index (χ3v) is 4.66. The summed E-state index contributed by atoms with van der Waals surface area (Å²) in [5, 5.41) is 11.9. The number of nitrogens with zero attached hydrogens (tertiary/aromatic N) is 2. The van der Waals surface area contributed by atoms with Gasteiger partial charge in [-0.05, 0) is 13.8 Å². The zero-order valence-electron chi connectivity index (χ0n) is 12.1. The molecule has 1 aliphatic heterocycles. The van der Waals surface area contributed by atoms with Gasteiger partial charge in [-0.2, -0.15) is 0 Å². The molecule has 0 bridgehead atoms. The van der Waals surface area contributed by atoms with Gasteiger partial charge in [0.25, 0.3) is 0 Å². The van der Waals surface area contributed by atoms with Crippen LogP contribution in [-0.2, 0) is 19.7 Å². The molecule has 0 saturated carbocycles. The van der Waals surface area contributed by atoms with E-state index in [-0.39, 0.29) is 12.2 Å². The van der Waals surface area contributed by atoms with Gasteiger partial charge in [0, 0.05) is 32.7 Å². The molecule has 6 nitrogen and oxygen atoms in total. The number of carboxylic acids is 1. The molecule has 1 aromatic rings. The van der Waals surface area contributed by atoms with Gasteiger partial charge < -0.3 is 19.5 Å². The van der Waals surface area contributed by atoms with Gasteiger partial charge in [0.1, 0.15) is 17.6 Å². The molecule has 0 aliphatic carbocycles. The van der Waals surface area contributed by atoms with E-state index in [1.807, 2.05) is 5.38 Å². The van der Waals surface area contributed by atoms with Crippen molar-refractivity contribution in [3.05, 3.63) is 11.1 Å². The lowest BCUT2D eigenvalue weighted by atomic mass is 9.90. The molecule has 0 radical (unpaired) electrons. The molecule has 20 heavy (non-hydrogen) atoms. The molecule has 0 aromatic carbocycles. The Morgan fingerprint density at radius 3 is 2.40 bits per heavy atom. The Bertz CT molecular complexity index is 476. The Hall–Kier alpha value is -1.18. The maximum atomic E-state index is 11.3. The number of hydrogen-bond acceptors (Lipinski definition) is 6. The summed E-state index contributed by atoms with van der Waals surface area (Å²) in [5.41, 5.74) is -0.393. The Labute approximate surface area is 122 Å². The first-order valence-electron chi connectivity index (χ1n) is 6.40. The number of aliphatic carboxylic acids is 1. The highest BCUT2D eigenvalue weighted by Crippen LogP contribution is 2.31. The van der Waals surface area contributed by atoms with Crippen LogP contribution in [0.5, 0.6) is 0 Å². The van der Waals surface area contributed by atoms with Crippen molar-refractivity contribution in [1.82, 2.24) is 4.98 Å². The molecule has 2 heterocycles. The minimum atomic E-state index is -0.976. The maximum absolute atomic E-state index is 11.3. The van der Waals surface area contributed by atoms with Crippen LogP contribution in [0.3, 0.4) is 0 Å². The Balaban J connectivity index is 2.16. The fourth-order valence-corrected chi connectivity index (χ4v) is 3.17. The van der Waals surface area contributed by atoms with Crippen LogP contribution in [0.1, 0.15) is 19.5 Å².